The average Bonchev–Trinajstić information content (AvgIpc) is 2.53. The van der Waals surface area contributed by atoms with Crippen LogP contribution in [-0.2, 0) is 14.8 Å². The van der Waals surface area contributed by atoms with Crippen LogP contribution >= 0.6 is 0 Å². The summed E-state index contributed by atoms with van der Waals surface area (Å²) in [5.74, 6) is -0.730. The summed E-state index contributed by atoms with van der Waals surface area (Å²) in [6.45, 7) is 3.48. The molecule has 0 aliphatic rings. The van der Waals surface area contributed by atoms with Gasteiger partial charge in [-0.1, -0.05) is 44.2 Å². The second kappa shape index (κ2) is 7.08. The number of nitrogens with zero attached hydrogens (tertiary/aromatic N) is 1. The molecule has 0 aromatic heterocycles. The predicted octanol–water partition coefficient (Wildman–Crippen LogP) is 1.99. The van der Waals surface area contributed by atoms with Crippen LogP contribution < -0.4 is 5.48 Å². The lowest BCUT2D eigenvalue weighted by molar-refractivity contribution is -0.129. The average molecular weight is 336 g/mol. The van der Waals surface area contributed by atoms with Gasteiger partial charge in [0.25, 0.3) is 5.91 Å². The van der Waals surface area contributed by atoms with E-state index in [2.05, 4.69) is 0 Å². The van der Waals surface area contributed by atoms with Gasteiger partial charge in [0.1, 0.15) is 0 Å². The van der Waals surface area contributed by atoms with E-state index in [-0.39, 0.29) is 17.4 Å². The van der Waals surface area contributed by atoms with Crippen LogP contribution in [0.3, 0.4) is 0 Å². The zero-order chi connectivity index (χ0) is 17.0. The van der Waals surface area contributed by atoms with E-state index in [1.54, 1.807) is 12.1 Å². The van der Waals surface area contributed by atoms with Crippen LogP contribution in [0.2, 0.25) is 0 Å². The third kappa shape index (κ3) is 4.07. The minimum atomic E-state index is -3.83. The van der Waals surface area contributed by atoms with Gasteiger partial charge in [0.15, 0.2) is 0 Å². The molecule has 0 aliphatic heterocycles. The molecular formula is C16H20N2O4S. The first-order valence-electron chi connectivity index (χ1n) is 7.26. The molecule has 6 nitrogen and oxygen atoms in total. The molecule has 0 fully saturated rings. The molecule has 23 heavy (non-hydrogen) atoms. The van der Waals surface area contributed by atoms with E-state index in [0.717, 1.165) is 15.1 Å². The summed E-state index contributed by atoms with van der Waals surface area (Å²) in [6, 6.07) is 12.3. The van der Waals surface area contributed by atoms with Crippen molar-refractivity contribution in [2.75, 3.05) is 13.1 Å². The molecule has 0 unspecified atom stereocenters. The van der Waals surface area contributed by atoms with Gasteiger partial charge in [-0.3, -0.25) is 10.0 Å². The molecule has 0 saturated heterocycles. The normalized spacial score (nSPS) is 12.0. The predicted molar refractivity (Wildman–Crippen MR) is 87.5 cm³/mol. The molecule has 124 valence electrons. The van der Waals surface area contributed by atoms with Crippen molar-refractivity contribution in [2.24, 2.45) is 5.92 Å². The standard InChI is InChI=1S/C16H20N2O4S/c1-12(2)10-18(11-16(19)17-20)23(21,22)15-8-7-13-5-3-4-6-14(13)9-15/h3-9,12,20H,10-11H2,1-2H3,(H,17,19). The van der Waals surface area contributed by atoms with Crippen LogP contribution in [0.1, 0.15) is 13.8 Å². The fraction of sp³-hybridized carbons (Fsp3) is 0.312. The van der Waals surface area contributed by atoms with Gasteiger partial charge in [-0.15, -0.1) is 0 Å². The van der Waals surface area contributed by atoms with Gasteiger partial charge in [0, 0.05) is 6.54 Å². The Hall–Kier alpha value is -1.96. The maximum Gasteiger partial charge on any atom is 0.258 e. The fourth-order valence-corrected chi connectivity index (χ4v) is 3.92. The Labute approximate surface area is 135 Å². The number of hydrogen-bond acceptors (Lipinski definition) is 4. The number of fused-ring (bicyclic) bond motifs is 1. The number of carbonyl (C=O) groups excluding carboxylic acids is 1. The van der Waals surface area contributed by atoms with E-state index < -0.39 is 22.5 Å². The Morgan fingerprint density at radius 3 is 2.43 bits per heavy atom. The van der Waals surface area contributed by atoms with E-state index in [9.17, 15) is 13.2 Å². The van der Waals surface area contributed by atoms with E-state index in [1.807, 2.05) is 38.1 Å². The Morgan fingerprint density at radius 1 is 1.17 bits per heavy atom. The number of hydroxylamine groups is 1. The number of rotatable bonds is 6. The molecule has 0 heterocycles. The van der Waals surface area contributed by atoms with Gasteiger partial charge < -0.3 is 0 Å². The zero-order valence-electron chi connectivity index (χ0n) is 13.1. The third-order valence-electron chi connectivity index (χ3n) is 3.37. The number of sulfonamides is 1. The van der Waals surface area contributed by atoms with Crippen LogP contribution in [0.4, 0.5) is 0 Å². The van der Waals surface area contributed by atoms with Crippen molar-refractivity contribution in [3.63, 3.8) is 0 Å². The third-order valence-corrected chi connectivity index (χ3v) is 5.18. The minimum Gasteiger partial charge on any atom is -0.289 e. The van der Waals surface area contributed by atoms with Gasteiger partial charge >= 0.3 is 0 Å². The molecule has 0 aliphatic carbocycles. The summed E-state index contributed by atoms with van der Waals surface area (Å²) >= 11 is 0. The van der Waals surface area contributed by atoms with Gasteiger partial charge in [0.2, 0.25) is 10.0 Å². The fourth-order valence-electron chi connectivity index (χ4n) is 2.33. The van der Waals surface area contributed by atoms with Crippen molar-refractivity contribution in [3.8, 4) is 0 Å². The summed E-state index contributed by atoms with van der Waals surface area (Å²) in [5, 5.41) is 10.4. The molecule has 0 saturated carbocycles. The molecule has 2 aromatic rings. The van der Waals surface area contributed by atoms with Gasteiger partial charge in [-0.25, -0.2) is 13.9 Å². The lowest BCUT2D eigenvalue weighted by Crippen LogP contribution is -2.41. The first kappa shape index (κ1) is 17.4. The molecule has 1 amide bonds. The zero-order valence-corrected chi connectivity index (χ0v) is 13.9. The SMILES string of the molecule is CC(C)CN(CC(=O)NO)S(=O)(=O)c1ccc2ccccc2c1. The summed E-state index contributed by atoms with van der Waals surface area (Å²) in [4.78, 5) is 11.6. The van der Waals surface area contributed by atoms with Crippen LogP contribution in [0.25, 0.3) is 10.8 Å². The maximum absolute atomic E-state index is 12.8. The number of carbonyl (C=O) groups is 1. The lowest BCUT2D eigenvalue weighted by atomic mass is 10.1. The van der Waals surface area contributed by atoms with Crippen LogP contribution in [0, 0.1) is 5.92 Å². The highest BCUT2D eigenvalue weighted by Crippen LogP contribution is 2.22. The first-order chi connectivity index (χ1) is 10.8. The monoisotopic (exact) mass is 336 g/mol. The second-order valence-corrected chi connectivity index (χ2v) is 7.67. The van der Waals surface area contributed by atoms with Crippen molar-refractivity contribution in [2.45, 2.75) is 18.7 Å². The van der Waals surface area contributed by atoms with Crippen molar-refractivity contribution in [1.82, 2.24) is 9.79 Å². The van der Waals surface area contributed by atoms with E-state index in [0.29, 0.717) is 0 Å². The number of benzene rings is 2. The Balaban J connectivity index is 2.43. The van der Waals surface area contributed by atoms with Crippen molar-refractivity contribution in [3.05, 3.63) is 42.5 Å². The van der Waals surface area contributed by atoms with Gasteiger partial charge in [0.05, 0.1) is 11.4 Å². The molecule has 0 radical (unpaired) electrons. The molecule has 7 heteroatoms. The Kier molecular flexibility index (Phi) is 5.35. The summed E-state index contributed by atoms with van der Waals surface area (Å²) in [5.41, 5.74) is 1.48. The molecule has 0 spiro atoms. The summed E-state index contributed by atoms with van der Waals surface area (Å²) < 4.78 is 26.7. The molecule has 2 aromatic carbocycles. The van der Waals surface area contributed by atoms with Crippen LogP contribution in [0.15, 0.2) is 47.4 Å². The minimum absolute atomic E-state index is 0.0386. The van der Waals surface area contributed by atoms with E-state index in [4.69, 9.17) is 5.21 Å². The first-order valence-corrected chi connectivity index (χ1v) is 8.70. The molecule has 2 rings (SSSR count). The molecule has 2 N–H and O–H groups in total. The van der Waals surface area contributed by atoms with Gasteiger partial charge in [-0.05, 0) is 28.8 Å². The second-order valence-electron chi connectivity index (χ2n) is 5.74. The number of nitrogens with one attached hydrogen (secondary N) is 1. The maximum atomic E-state index is 12.8. The summed E-state index contributed by atoms with van der Waals surface area (Å²) in [6.07, 6.45) is 0. The molecular weight excluding hydrogens is 316 g/mol. The lowest BCUT2D eigenvalue weighted by Gasteiger charge is -2.23. The Morgan fingerprint density at radius 2 is 1.83 bits per heavy atom. The topological polar surface area (TPSA) is 86.7 Å². The van der Waals surface area contributed by atoms with Crippen molar-refractivity contribution < 1.29 is 18.4 Å². The highest BCUT2D eigenvalue weighted by molar-refractivity contribution is 7.89. The largest absolute Gasteiger partial charge is 0.289 e. The highest BCUT2D eigenvalue weighted by atomic mass is 32.2. The van der Waals surface area contributed by atoms with Crippen LogP contribution in [0.5, 0.6) is 0 Å². The van der Waals surface area contributed by atoms with Crippen molar-refractivity contribution >= 4 is 26.7 Å². The molecule has 0 bridgehead atoms. The van der Waals surface area contributed by atoms with Crippen molar-refractivity contribution in [1.29, 1.82) is 0 Å². The van der Waals surface area contributed by atoms with Crippen LogP contribution in [-0.4, -0.2) is 36.9 Å². The quantitative estimate of drug-likeness (QED) is 0.624. The summed E-state index contributed by atoms with van der Waals surface area (Å²) in [7, 11) is -3.83. The number of hydrogen-bond donors (Lipinski definition) is 2. The Bertz CT molecular complexity index is 803. The smallest absolute Gasteiger partial charge is 0.258 e. The molecule has 0 atom stereocenters. The van der Waals surface area contributed by atoms with Gasteiger partial charge in [-0.2, -0.15) is 4.31 Å². The van der Waals surface area contributed by atoms with E-state index >= 15 is 0 Å². The highest BCUT2D eigenvalue weighted by Gasteiger charge is 2.27. The number of amides is 1. The van der Waals surface area contributed by atoms with E-state index in [1.165, 1.54) is 11.5 Å².